The molecule has 0 heterocycles. The molecule has 0 aliphatic rings. The molecule has 0 bridgehead atoms. The molecule has 0 aliphatic carbocycles. The number of hydrogen-bond acceptors (Lipinski definition) is 4. The molecule has 3 aromatic rings. The van der Waals surface area contributed by atoms with E-state index in [1.54, 1.807) is 56.3 Å². The van der Waals surface area contributed by atoms with Gasteiger partial charge in [-0.1, -0.05) is 79.3 Å². The van der Waals surface area contributed by atoms with Gasteiger partial charge in [0.25, 0.3) is 10.0 Å². The Morgan fingerprint density at radius 2 is 1.54 bits per heavy atom. The fourth-order valence-electron chi connectivity index (χ4n) is 4.37. The van der Waals surface area contributed by atoms with E-state index in [9.17, 15) is 18.0 Å². The number of amides is 2. The van der Waals surface area contributed by atoms with Crippen molar-refractivity contribution in [1.82, 2.24) is 10.2 Å². The Morgan fingerprint density at radius 1 is 0.902 bits per heavy atom. The van der Waals surface area contributed by atoms with E-state index >= 15 is 0 Å². The monoisotopic (exact) mass is 637 g/mol. The van der Waals surface area contributed by atoms with E-state index in [4.69, 9.17) is 34.8 Å². The number of hydrogen-bond donors (Lipinski definition) is 1. The highest BCUT2D eigenvalue weighted by molar-refractivity contribution is 7.92. The van der Waals surface area contributed by atoms with Crippen LogP contribution in [-0.2, 0) is 26.2 Å². The Morgan fingerprint density at radius 3 is 2.12 bits per heavy atom. The lowest BCUT2D eigenvalue weighted by molar-refractivity contribution is -0.140. The number of anilines is 1. The van der Waals surface area contributed by atoms with Crippen LogP contribution in [0.25, 0.3) is 0 Å². The van der Waals surface area contributed by atoms with Gasteiger partial charge in [0.2, 0.25) is 11.8 Å². The maximum atomic E-state index is 14.2. The van der Waals surface area contributed by atoms with E-state index in [1.807, 2.05) is 6.92 Å². The highest BCUT2D eigenvalue weighted by Crippen LogP contribution is 2.30. The van der Waals surface area contributed by atoms with Crippen LogP contribution in [0.3, 0.4) is 0 Å². The van der Waals surface area contributed by atoms with E-state index in [2.05, 4.69) is 5.32 Å². The van der Waals surface area contributed by atoms with Crippen molar-refractivity contribution in [3.8, 4) is 0 Å². The van der Waals surface area contributed by atoms with Gasteiger partial charge in [-0.15, -0.1) is 0 Å². The van der Waals surface area contributed by atoms with Gasteiger partial charge >= 0.3 is 0 Å². The van der Waals surface area contributed by atoms with E-state index in [-0.39, 0.29) is 17.3 Å². The van der Waals surface area contributed by atoms with E-state index in [0.717, 1.165) is 17.1 Å². The van der Waals surface area contributed by atoms with Crippen molar-refractivity contribution in [1.29, 1.82) is 0 Å². The molecule has 0 aromatic heterocycles. The molecule has 0 spiro atoms. The molecule has 220 valence electrons. The summed E-state index contributed by atoms with van der Waals surface area (Å²) < 4.78 is 29.0. The molecule has 3 aromatic carbocycles. The number of sulfonamides is 1. The Hall–Kier alpha value is -2.78. The molecule has 3 rings (SSSR count). The number of rotatable bonds is 13. The molecule has 7 nitrogen and oxygen atoms in total. The van der Waals surface area contributed by atoms with Crippen LogP contribution in [0, 0.1) is 6.92 Å². The molecule has 1 atom stereocenters. The molecular weight excluding hydrogens is 605 g/mol. The zero-order chi connectivity index (χ0) is 30.2. The number of para-hydroxylation sites is 1. The van der Waals surface area contributed by atoms with Gasteiger partial charge in [-0.25, -0.2) is 8.42 Å². The van der Waals surface area contributed by atoms with Crippen LogP contribution in [0.2, 0.25) is 15.1 Å². The Balaban J connectivity index is 2.09. The SMILES string of the molecule is CCCCNC(=O)C(CC)N(Cc1c(Cl)cccc1Cl)C(=O)CN(c1ccccc1C)S(=O)(=O)c1ccc(Cl)cc1. The summed E-state index contributed by atoms with van der Waals surface area (Å²) in [5.41, 5.74) is 1.46. The minimum atomic E-state index is -4.21. The summed E-state index contributed by atoms with van der Waals surface area (Å²) in [6.45, 7) is 5.39. The fraction of sp³-hybridized carbons (Fsp3) is 0.333. The van der Waals surface area contributed by atoms with Gasteiger partial charge in [-0.3, -0.25) is 13.9 Å². The molecule has 0 aliphatic heterocycles. The molecule has 1 unspecified atom stereocenters. The number of nitrogens with zero attached hydrogens (tertiary/aromatic N) is 2. The van der Waals surface area contributed by atoms with Gasteiger partial charge in [0.1, 0.15) is 12.6 Å². The second kappa shape index (κ2) is 14.9. The third-order valence-electron chi connectivity index (χ3n) is 6.67. The first-order valence-electron chi connectivity index (χ1n) is 13.3. The quantitative estimate of drug-likeness (QED) is 0.207. The number of benzene rings is 3. The van der Waals surface area contributed by atoms with Crippen molar-refractivity contribution in [3.63, 3.8) is 0 Å². The molecule has 2 amide bonds. The number of carbonyl (C=O) groups is 2. The first kappa shape index (κ1) is 32.7. The second-order valence-corrected chi connectivity index (χ2v) is 12.7. The molecule has 0 radical (unpaired) electrons. The first-order chi connectivity index (χ1) is 19.5. The summed E-state index contributed by atoms with van der Waals surface area (Å²) in [5.74, 6) is -0.917. The van der Waals surface area contributed by atoms with Crippen molar-refractivity contribution in [2.45, 2.75) is 57.5 Å². The molecule has 11 heteroatoms. The van der Waals surface area contributed by atoms with Crippen LogP contribution >= 0.6 is 34.8 Å². The molecule has 0 fully saturated rings. The van der Waals surface area contributed by atoms with Crippen LogP contribution in [0.5, 0.6) is 0 Å². The van der Waals surface area contributed by atoms with Gasteiger partial charge in [0, 0.05) is 33.7 Å². The standard InChI is InChI=1S/C30H34Cl3N3O4S/c1-4-6-18-34-30(38)27(5-2)35(19-24-25(32)11-9-12-26(24)33)29(37)20-36(28-13-8-7-10-21(28)3)41(39,40)23-16-14-22(31)15-17-23/h7-17,27H,4-6,18-20H2,1-3H3,(H,34,38). The minimum Gasteiger partial charge on any atom is -0.354 e. The summed E-state index contributed by atoms with van der Waals surface area (Å²) in [5, 5.41) is 3.95. The normalized spacial score (nSPS) is 12.0. The average Bonchev–Trinajstić information content (AvgIpc) is 2.94. The molecule has 0 saturated heterocycles. The molecule has 1 N–H and O–H groups in total. The Bertz CT molecular complexity index is 1450. The van der Waals surface area contributed by atoms with E-state index in [0.29, 0.717) is 44.8 Å². The number of carbonyl (C=O) groups excluding carboxylic acids is 2. The maximum absolute atomic E-state index is 14.2. The number of nitrogens with one attached hydrogen (secondary N) is 1. The van der Waals surface area contributed by atoms with E-state index in [1.165, 1.54) is 29.2 Å². The highest BCUT2D eigenvalue weighted by atomic mass is 35.5. The van der Waals surface area contributed by atoms with Crippen LogP contribution in [0.1, 0.15) is 44.2 Å². The third kappa shape index (κ3) is 8.16. The predicted molar refractivity (Wildman–Crippen MR) is 166 cm³/mol. The summed E-state index contributed by atoms with van der Waals surface area (Å²) in [7, 11) is -4.21. The largest absolute Gasteiger partial charge is 0.354 e. The second-order valence-electron chi connectivity index (χ2n) is 9.54. The number of unbranched alkanes of at least 4 members (excludes halogenated alkanes) is 1. The lowest BCUT2D eigenvalue weighted by Crippen LogP contribution is -2.52. The van der Waals surface area contributed by atoms with Gasteiger partial charge in [0.15, 0.2) is 0 Å². The Kier molecular flexibility index (Phi) is 11.9. The molecular formula is C30H34Cl3N3O4S. The zero-order valence-electron chi connectivity index (χ0n) is 23.2. The van der Waals surface area contributed by atoms with E-state index < -0.39 is 28.5 Å². The van der Waals surface area contributed by atoms with Crippen molar-refractivity contribution in [2.75, 3.05) is 17.4 Å². The first-order valence-corrected chi connectivity index (χ1v) is 15.9. The predicted octanol–water partition coefficient (Wildman–Crippen LogP) is 6.87. The summed E-state index contributed by atoms with van der Waals surface area (Å²) in [6, 6.07) is 16.7. The maximum Gasteiger partial charge on any atom is 0.264 e. The lowest BCUT2D eigenvalue weighted by Gasteiger charge is -2.34. The average molecular weight is 639 g/mol. The fourth-order valence-corrected chi connectivity index (χ4v) is 6.49. The van der Waals surface area contributed by atoms with Crippen molar-refractivity contribution in [2.24, 2.45) is 0 Å². The van der Waals surface area contributed by atoms with Gasteiger partial charge < -0.3 is 10.2 Å². The number of aryl methyl sites for hydroxylation is 1. The third-order valence-corrected chi connectivity index (χ3v) is 9.40. The van der Waals surface area contributed by atoms with Gasteiger partial charge in [0.05, 0.1) is 10.6 Å². The van der Waals surface area contributed by atoms with Gasteiger partial charge in [-0.05, 0) is 67.8 Å². The Labute approximate surface area is 257 Å². The number of halogens is 3. The van der Waals surface area contributed by atoms with Crippen molar-refractivity contribution >= 4 is 62.3 Å². The van der Waals surface area contributed by atoms with Crippen molar-refractivity contribution < 1.29 is 18.0 Å². The molecule has 41 heavy (non-hydrogen) atoms. The highest BCUT2D eigenvalue weighted by Gasteiger charge is 2.34. The van der Waals surface area contributed by atoms with Crippen LogP contribution in [0.4, 0.5) is 5.69 Å². The van der Waals surface area contributed by atoms with Gasteiger partial charge in [-0.2, -0.15) is 0 Å². The summed E-state index contributed by atoms with van der Waals surface area (Å²) >= 11 is 18.9. The van der Waals surface area contributed by atoms with Crippen molar-refractivity contribution in [3.05, 3.63) is 92.9 Å². The smallest absolute Gasteiger partial charge is 0.264 e. The lowest BCUT2D eigenvalue weighted by atomic mass is 10.1. The summed E-state index contributed by atoms with van der Waals surface area (Å²) in [6.07, 6.45) is 1.97. The van der Waals surface area contributed by atoms with Crippen LogP contribution in [0.15, 0.2) is 71.6 Å². The minimum absolute atomic E-state index is 0.0250. The topological polar surface area (TPSA) is 86.8 Å². The van der Waals surface area contributed by atoms with Crippen LogP contribution in [-0.4, -0.2) is 44.3 Å². The summed E-state index contributed by atoms with van der Waals surface area (Å²) in [4.78, 5) is 28.8. The molecule has 0 saturated carbocycles. The van der Waals surface area contributed by atoms with Crippen LogP contribution < -0.4 is 9.62 Å². The zero-order valence-corrected chi connectivity index (χ0v) is 26.3.